The minimum Gasteiger partial charge on any atom is -0.395 e. The number of rotatable bonds is 3. The van der Waals surface area contributed by atoms with Crippen molar-refractivity contribution in [3.05, 3.63) is 23.8 Å². The highest BCUT2D eigenvalue weighted by molar-refractivity contribution is 6.77. The quantitative estimate of drug-likeness (QED) is 0.315. The second-order valence-electron chi connectivity index (χ2n) is 11.0. The molecule has 29 heavy (non-hydrogen) atoms. The molecule has 0 heterocycles. The Morgan fingerprint density at radius 1 is 1.28 bits per heavy atom. The molecule has 0 N–H and O–H groups in total. The number of hydrogen-bond acceptors (Lipinski definition) is 3. The third kappa shape index (κ3) is 2.87. The van der Waals surface area contributed by atoms with E-state index in [1.54, 1.807) is 0 Å². The van der Waals surface area contributed by atoms with E-state index in [9.17, 15) is 10.1 Å². The van der Waals surface area contributed by atoms with E-state index in [0.717, 1.165) is 44.1 Å². The molecule has 158 valence electrons. The molecule has 0 amide bonds. The lowest BCUT2D eigenvalue weighted by Crippen LogP contribution is -2.58. The Morgan fingerprint density at radius 2 is 2.00 bits per heavy atom. The lowest BCUT2D eigenvalue weighted by molar-refractivity contribution is -0.118. The van der Waals surface area contributed by atoms with Crippen molar-refractivity contribution >= 4 is 25.7 Å². The molecule has 4 aliphatic rings. The van der Waals surface area contributed by atoms with Crippen LogP contribution >= 0.6 is 11.6 Å². The number of nitrogens with zero attached hydrogens (tertiary/aromatic N) is 1. The first kappa shape index (κ1) is 21.3. The van der Waals surface area contributed by atoms with Crippen LogP contribution in [0.4, 0.5) is 0 Å². The summed E-state index contributed by atoms with van der Waals surface area (Å²) in [7, 11) is -2.16. The third-order valence-electron chi connectivity index (χ3n) is 9.03. The maximum atomic E-state index is 12.0. The second-order valence-corrected chi connectivity index (χ2v) is 15.8. The minimum absolute atomic E-state index is 0.141. The molecule has 4 rings (SSSR count). The molecule has 0 aromatic carbocycles. The van der Waals surface area contributed by atoms with Crippen LogP contribution in [0.3, 0.4) is 0 Å². The summed E-state index contributed by atoms with van der Waals surface area (Å²) in [6.45, 7) is 13.3. The Bertz CT molecular complexity index is 829. The molecule has 5 heteroatoms. The molecule has 6 atom stereocenters. The van der Waals surface area contributed by atoms with Gasteiger partial charge < -0.3 is 4.43 Å². The van der Waals surface area contributed by atoms with E-state index in [1.165, 1.54) is 5.57 Å². The Hall–Kier alpha value is -0.893. The molecule has 3 saturated carbocycles. The van der Waals surface area contributed by atoms with Crippen LogP contribution in [0.15, 0.2) is 23.8 Å². The van der Waals surface area contributed by atoms with Gasteiger partial charge in [0.15, 0.2) is 11.4 Å². The predicted octanol–water partition coefficient (Wildman–Crippen LogP) is 5.95. The fraction of sp³-hybridized carbons (Fsp3) is 0.750. The number of carbonyl (C=O) groups excluding carboxylic acids is 1. The van der Waals surface area contributed by atoms with Gasteiger partial charge in [0.1, 0.15) is 6.07 Å². The number of fused-ring (bicyclic) bond motifs is 5. The van der Waals surface area contributed by atoms with Crippen molar-refractivity contribution in [3.8, 4) is 6.07 Å². The topological polar surface area (TPSA) is 50.1 Å². The monoisotopic (exact) mass is 431 g/mol. The van der Waals surface area contributed by atoms with Crippen molar-refractivity contribution in [2.24, 2.45) is 28.6 Å². The number of alkyl halides is 1. The van der Waals surface area contributed by atoms with Gasteiger partial charge in [0, 0.05) is 17.3 Å². The van der Waals surface area contributed by atoms with Gasteiger partial charge in [-0.25, -0.2) is 0 Å². The summed E-state index contributed by atoms with van der Waals surface area (Å²) in [6, 6.07) is 2.62. The summed E-state index contributed by atoms with van der Waals surface area (Å²) in [6.07, 6.45) is 8.71. The SMILES string of the molecule is C=C1C[C@H]2[C@@H]3CCC4=CC(=O)CC[C@]4(C)[C@@H]3CC[C@]2(C)C1(C#N)O[Si](C)(C)CCl. The lowest BCUT2D eigenvalue weighted by atomic mass is 9.46. The third-order valence-corrected chi connectivity index (χ3v) is 12.5. The van der Waals surface area contributed by atoms with Gasteiger partial charge in [0.25, 0.3) is 0 Å². The fourth-order valence-corrected chi connectivity index (χ4v) is 8.84. The molecular weight excluding hydrogens is 398 g/mol. The van der Waals surface area contributed by atoms with Crippen molar-refractivity contribution in [1.29, 1.82) is 5.26 Å². The maximum Gasteiger partial charge on any atom is 0.203 e. The van der Waals surface area contributed by atoms with Crippen LogP contribution in [0, 0.1) is 39.9 Å². The van der Waals surface area contributed by atoms with Gasteiger partial charge >= 0.3 is 0 Å². The Morgan fingerprint density at radius 3 is 2.66 bits per heavy atom. The molecule has 0 aromatic heterocycles. The van der Waals surface area contributed by atoms with Gasteiger partial charge in [-0.15, -0.1) is 11.6 Å². The summed E-state index contributed by atoms with van der Waals surface area (Å²) in [5.41, 5.74) is 1.85. The Labute approximate surface area is 181 Å². The average molecular weight is 432 g/mol. The lowest BCUT2D eigenvalue weighted by Gasteiger charge is -2.59. The molecule has 0 bridgehead atoms. The summed E-state index contributed by atoms with van der Waals surface area (Å²) >= 11 is 6.24. The number of halogens is 1. The second kappa shape index (κ2) is 6.80. The molecular formula is C24H34ClNO2Si. The zero-order valence-corrected chi connectivity index (χ0v) is 20.1. The molecule has 0 saturated heterocycles. The first-order valence-electron chi connectivity index (χ1n) is 11.1. The number of hydrogen-bond donors (Lipinski definition) is 0. The summed E-state index contributed by atoms with van der Waals surface area (Å²) in [4.78, 5) is 12.0. The highest BCUT2D eigenvalue weighted by atomic mass is 35.5. The smallest absolute Gasteiger partial charge is 0.203 e. The van der Waals surface area contributed by atoms with Gasteiger partial charge in [0.05, 0.1) is 0 Å². The van der Waals surface area contributed by atoms with Crippen molar-refractivity contribution in [2.75, 3.05) is 5.50 Å². The van der Waals surface area contributed by atoms with Crippen LogP contribution in [-0.2, 0) is 9.22 Å². The van der Waals surface area contributed by atoms with Gasteiger partial charge in [-0.2, -0.15) is 5.26 Å². The fourth-order valence-electron chi connectivity index (χ4n) is 7.37. The Kier molecular flexibility index (Phi) is 5.01. The average Bonchev–Trinajstić information content (AvgIpc) is 2.89. The summed E-state index contributed by atoms with van der Waals surface area (Å²) in [5.74, 6) is 1.88. The highest BCUT2D eigenvalue weighted by Gasteiger charge is 2.67. The number of ketones is 1. The standard InChI is InChI=1S/C24H34ClNO2Si/c1-16-12-21-19-7-6-17-13-18(27)8-10-22(17,2)20(19)9-11-23(21,3)24(16,14-26)28-29(4,5)15-25/h13,19-21H,1,6-12,15H2,2-5H3/t19-,20-,21+,22+,23+,24?/m1/s1. The van der Waals surface area contributed by atoms with Gasteiger partial charge in [-0.3, -0.25) is 4.79 Å². The van der Waals surface area contributed by atoms with Crippen molar-refractivity contribution in [1.82, 2.24) is 0 Å². The molecule has 3 nitrogen and oxygen atoms in total. The van der Waals surface area contributed by atoms with E-state index >= 15 is 0 Å². The zero-order chi connectivity index (χ0) is 21.2. The summed E-state index contributed by atoms with van der Waals surface area (Å²) < 4.78 is 6.69. The van der Waals surface area contributed by atoms with Crippen LogP contribution in [0.1, 0.15) is 58.8 Å². The van der Waals surface area contributed by atoms with E-state index in [0.29, 0.717) is 35.5 Å². The maximum absolute atomic E-state index is 12.0. The molecule has 0 spiro atoms. The number of carbonyl (C=O) groups is 1. The van der Waals surface area contributed by atoms with Crippen LogP contribution in [0.5, 0.6) is 0 Å². The largest absolute Gasteiger partial charge is 0.395 e. The van der Waals surface area contributed by atoms with E-state index in [2.05, 4.69) is 39.6 Å². The number of allylic oxidation sites excluding steroid dienone is 1. The molecule has 0 aromatic rings. The van der Waals surface area contributed by atoms with Crippen LogP contribution in [-0.4, -0.2) is 25.2 Å². The first-order chi connectivity index (χ1) is 13.5. The van der Waals surface area contributed by atoms with Crippen LogP contribution < -0.4 is 0 Å². The van der Waals surface area contributed by atoms with E-state index in [1.807, 2.05) is 6.08 Å². The predicted molar refractivity (Wildman–Crippen MR) is 119 cm³/mol. The van der Waals surface area contributed by atoms with E-state index in [4.69, 9.17) is 16.0 Å². The van der Waals surface area contributed by atoms with Crippen molar-refractivity contribution in [3.63, 3.8) is 0 Å². The van der Waals surface area contributed by atoms with E-state index < -0.39 is 13.9 Å². The molecule has 0 aliphatic heterocycles. The molecule has 1 unspecified atom stereocenters. The molecule has 0 radical (unpaired) electrons. The van der Waals surface area contributed by atoms with Crippen molar-refractivity contribution < 1.29 is 9.22 Å². The van der Waals surface area contributed by atoms with Gasteiger partial charge in [-0.1, -0.05) is 26.0 Å². The minimum atomic E-state index is -2.16. The summed E-state index contributed by atoms with van der Waals surface area (Å²) in [5, 5.41) is 10.4. The van der Waals surface area contributed by atoms with Gasteiger partial charge in [0.2, 0.25) is 8.32 Å². The zero-order valence-electron chi connectivity index (χ0n) is 18.3. The van der Waals surface area contributed by atoms with Crippen LogP contribution in [0.2, 0.25) is 13.1 Å². The van der Waals surface area contributed by atoms with Crippen molar-refractivity contribution in [2.45, 2.75) is 77.5 Å². The molecule has 4 aliphatic carbocycles. The number of nitriles is 1. The van der Waals surface area contributed by atoms with Crippen LogP contribution in [0.25, 0.3) is 0 Å². The highest BCUT2D eigenvalue weighted by Crippen LogP contribution is 2.69. The molecule has 3 fully saturated rings. The van der Waals surface area contributed by atoms with E-state index in [-0.39, 0.29) is 10.8 Å². The first-order valence-corrected chi connectivity index (χ1v) is 14.8. The Balaban J connectivity index is 1.72. The van der Waals surface area contributed by atoms with Gasteiger partial charge in [-0.05, 0) is 86.4 Å². The normalized spacial score (nSPS) is 44.4.